The zero-order valence-electron chi connectivity index (χ0n) is 10.1. The summed E-state index contributed by atoms with van der Waals surface area (Å²) in [4.78, 5) is 0. The Hall–Kier alpha value is -0.910. The summed E-state index contributed by atoms with van der Waals surface area (Å²) in [6.07, 6.45) is 3.93. The van der Waals surface area contributed by atoms with Gasteiger partial charge in [0.1, 0.15) is 0 Å². The predicted molar refractivity (Wildman–Crippen MR) is 62.3 cm³/mol. The maximum atomic E-state index is 5.37. The lowest BCUT2D eigenvalue weighted by atomic mass is 10.3. The molecule has 16 heavy (non-hydrogen) atoms. The SMILES string of the molecule is CCNCc1cnn(CCOCCOC)c1. The van der Waals surface area contributed by atoms with Gasteiger partial charge in [0.05, 0.1) is 32.6 Å². The van der Waals surface area contributed by atoms with Crippen LogP contribution in [0.4, 0.5) is 0 Å². The van der Waals surface area contributed by atoms with Crippen LogP contribution in [0.2, 0.25) is 0 Å². The maximum absolute atomic E-state index is 5.37. The predicted octanol–water partition coefficient (Wildman–Crippen LogP) is 0.656. The van der Waals surface area contributed by atoms with Gasteiger partial charge in [0.2, 0.25) is 0 Å². The summed E-state index contributed by atoms with van der Waals surface area (Å²) in [5.74, 6) is 0. The topological polar surface area (TPSA) is 48.3 Å². The first-order chi connectivity index (χ1) is 7.86. The Bertz CT molecular complexity index is 276. The van der Waals surface area contributed by atoms with Crippen molar-refractivity contribution in [2.24, 2.45) is 0 Å². The summed E-state index contributed by atoms with van der Waals surface area (Å²) in [5, 5.41) is 7.51. The maximum Gasteiger partial charge on any atom is 0.0701 e. The van der Waals surface area contributed by atoms with Crippen LogP contribution in [0.5, 0.6) is 0 Å². The Labute approximate surface area is 96.7 Å². The number of hydrogen-bond acceptors (Lipinski definition) is 4. The smallest absolute Gasteiger partial charge is 0.0701 e. The third-order valence-electron chi connectivity index (χ3n) is 2.16. The molecule has 0 unspecified atom stereocenters. The van der Waals surface area contributed by atoms with E-state index in [-0.39, 0.29) is 0 Å². The summed E-state index contributed by atoms with van der Waals surface area (Å²) >= 11 is 0. The minimum absolute atomic E-state index is 0.641. The Balaban J connectivity index is 2.14. The molecule has 1 aromatic heterocycles. The molecule has 1 heterocycles. The second kappa shape index (κ2) is 8.27. The molecular weight excluding hydrogens is 206 g/mol. The van der Waals surface area contributed by atoms with E-state index in [1.165, 1.54) is 5.56 Å². The molecule has 0 spiro atoms. The van der Waals surface area contributed by atoms with Crippen LogP contribution >= 0.6 is 0 Å². The summed E-state index contributed by atoms with van der Waals surface area (Å²) in [6.45, 7) is 6.69. The first-order valence-corrected chi connectivity index (χ1v) is 5.65. The number of ether oxygens (including phenoxy) is 2. The molecule has 0 fully saturated rings. The van der Waals surface area contributed by atoms with Crippen molar-refractivity contribution in [1.82, 2.24) is 15.1 Å². The largest absolute Gasteiger partial charge is 0.382 e. The fourth-order valence-electron chi connectivity index (χ4n) is 1.29. The van der Waals surface area contributed by atoms with Crippen LogP contribution in [0.15, 0.2) is 12.4 Å². The van der Waals surface area contributed by atoms with Gasteiger partial charge in [-0.3, -0.25) is 4.68 Å². The molecule has 0 aromatic carbocycles. The molecule has 0 aliphatic carbocycles. The second-order valence-corrected chi connectivity index (χ2v) is 3.50. The van der Waals surface area contributed by atoms with Gasteiger partial charge in [0, 0.05) is 25.4 Å². The van der Waals surface area contributed by atoms with Crippen LogP contribution in [0.25, 0.3) is 0 Å². The van der Waals surface area contributed by atoms with Crippen LogP contribution in [0, 0.1) is 0 Å². The van der Waals surface area contributed by atoms with E-state index in [2.05, 4.69) is 17.3 Å². The highest BCUT2D eigenvalue weighted by atomic mass is 16.5. The van der Waals surface area contributed by atoms with Crippen molar-refractivity contribution in [3.63, 3.8) is 0 Å². The minimum atomic E-state index is 0.641. The van der Waals surface area contributed by atoms with E-state index in [0.29, 0.717) is 19.8 Å². The van der Waals surface area contributed by atoms with Gasteiger partial charge in [-0.25, -0.2) is 0 Å². The van der Waals surface area contributed by atoms with Gasteiger partial charge in [-0.15, -0.1) is 0 Å². The van der Waals surface area contributed by atoms with Crippen LogP contribution in [-0.2, 0) is 22.6 Å². The Morgan fingerprint density at radius 2 is 2.25 bits per heavy atom. The van der Waals surface area contributed by atoms with E-state index in [1.54, 1.807) is 7.11 Å². The van der Waals surface area contributed by atoms with Crippen molar-refractivity contribution in [3.8, 4) is 0 Å². The lowest BCUT2D eigenvalue weighted by Gasteiger charge is -2.03. The Kier molecular flexibility index (Phi) is 6.80. The summed E-state index contributed by atoms with van der Waals surface area (Å²) < 4.78 is 12.2. The fraction of sp³-hybridized carbons (Fsp3) is 0.727. The van der Waals surface area contributed by atoms with Gasteiger partial charge >= 0.3 is 0 Å². The van der Waals surface area contributed by atoms with Crippen molar-refractivity contribution < 1.29 is 9.47 Å². The lowest BCUT2D eigenvalue weighted by Crippen LogP contribution is -2.11. The first-order valence-electron chi connectivity index (χ1n) is 5.65. The van der Waals surface area contributed by atoms with Crippen LogP contribution < -0.4 is 5.32 Å². The van der Waals surface area contributed by atoms with E-state index in [9.17, 15) is 0 Å². The number of aromatic nitrogens is 2. The Morgan fingerprint density at radius 3 is 3.00 bits per heavy atom. The molecule has 0 amide bonds. The van der Waals surface area contributed by atoms with Crippen molar-refractivity contribution in [3.05, 3.63) is 18.0 Å². The van der Waals surface area contributed by atoms with E-state index >= 15 is 0 Å². The molecule has 92 valence electrons. The van der Waals surface area contributed by atoms with Crippen LogP contribution in [-0.4, -0.2) is 43.3 Å². The van der Waals surface area contributed by atoms with Crippen LogP contribution in [0.3, 0.4) is 0 Å². The quantitative estimate of drug-likeness (QED) is 0.629. The average Bonchev–Trinajstić information content (AvgIpc) is 2.74. The molecule has 1 N–H and O–H groups in total. The van der Waals surface area contributed by atoms with E-state index in [0.717, 1.165) is 19.6 Å². The first kappa shape index (κ1) is 13.2. The number of methoxy groups -OCH3 is 1. The Morgan fingerprint density at radius 1 is 1.38 bits per heavy atom. The van der Waals surface area contributed by atoms with Gasteiger partial charge in [-0.05, 0) is 6.54 Å². The third-order valence-corrected chi connectivity index (χ3v) is 2.16. The van der Waals surface area contributed by atoms with Gasteiger partial charge in [-0.1, -0.05) is 6.92 Å². The van der Waals surface area contributed by atoms with Gasteiger partial charge in [0.15, 0.2) is 0 Å². The fourth-order valence-corrected chi connectivity index (χ4v) is 1.29. The molecule has 0 radical (unpaired) electrons. The van der Waals surface area contributed by atoms with E-state index in [1.807, 2.05) is 17.1 Å². The number of hydrogen-bond donors (Lipinski definition) is 1. The minimum Gasteiger partial charge on any atom is -0.382 e. The molecule has 1 rings (SSSR count). The molecule has 0 aliphatic heterocycles. The average molecular weight is 227 g/mol. The zero-order chi connectivity index (χ0) is 11.6. The third kappa shape index (κ3) is 5.25. The van der Waals surface area contributed by atoms with Gasteiger partial charge in [0.25, 0.3) is 0 Å². The lowest BCUT2D eigenvalue weighted by molar-refractivity contribution is 0.0654. The van der Waals surface area contributed by atoms with E-state index < -0.39 is 0 Å². The monoisotopic (exact) mass is 227 g/mol. The zero-order valence-corrected chi connectivity index (χ0v) is 10.1. The normalized spacial score (nSPS) is 10.9. The van der Waals surface area contributed by atoms with Gasteiger partial charge in [-0.2, -0.15) is 5.10 Å². The molecule has 5 nitrogen and oxygen atoms in total. The number of rotatable bonds is 9. The molecular formula is C11H21N3O2. The highest BCUT2D eigenvalue weighted by Gasteiger charge is 1.97. The van der Waals surface area contributed by atoms with Crippen molar-refractivity contribution in [1.29, 1.82) is 0 Å². The molecule has 0 saturated carbocycles. The second-order valence-electron chi connectivity index (χ2n) is 3.50. The van der Waals surface area contributed by atoms with Crippen molar-refractivity contribution in [2.45, 2.75) is 20.0 Å². The number of nitrogens with zero attached hydrogens (tertiary/aromatic N) is 2. The van der Waals surface area contributed by atoms with E-state index in [4.69, 9.17) is 9.47 Å². The van der Waals surface area contributed by atoms with Crippen molar-refractivity contribution >= 4 is 0 Å². The van der Waals surface area contributed by atoms with Crippen LogP contribution in [0.1, 0.15) is 12.5 Å². The molecule has 1 aromatic rings. The van der Waals surface area contributed by atoms with Gasteiger partial charge < -0.3 is 14.8 Å². The molecule has 0 atom stereocenters. The molecule has 0 aliphatic rings. The highest BCUT2D eigenvalue weighted by molar-refractivity contribution is 5.02. The molecule has 0 saturated heterocycles. The summed E-state index contributed by atoms with van der Waals surface area (Å²) in [7, 11) is 1.67. The highest BCUT2D eigenvalue weighted by Crippen LogP contribution is 1.97. The van der Waals surface area contributed by atoms with Crippen molar-refractivity contribution in [2.75, 3.05) is 33.5 Å². The molecule has 0 bridgehead atoms. The molecule has 5 heteroatoms. The number of nitrogens with one attached hydrogen (secondary N) is 1. The summed E-state index contributed by atoms with van der Waals surface area (Å²) in [6, 6.07) is 0. The summed E-state index contributed by atoms with van der Waals surface area (Å²) in [5.41, 5.74) is 1.21. The standard InChI is InChI=1S/C11H21N3O2/c1-3-12-8-11-9-13-14(10-11)4-5-16-7-6-15-2/h9-10,12H,3-8H2,1-2H3.